The van der Waals surface area contributed by atoms with Crippen molar-refractivity contribution in [2.45, 2.75) is 46.6 Å². The number of benzene rings is 1. The van der Waals surface area contributed by atoms with Gasteiger partial charge in [0.25, 0.3) is 0 Å². The molecule has 102 valence electrons. The van der Waals surface area contributed by atoms with E-state index in [2.05, 4.69) is 18.9 Å². The molecule has 0 spiro atoms. The molecule has 0 saturated heterocycles. The van der Waals surface area contributed by atoms with Crippen LogP contribution in [0.4, 0.5) is 0 Å². The van der Waals surface area contributed by atoms with E-state index in [1.165, 1.54) is 12.8 Å². The summed E-state index contributed by atoms with van der Waals surface area (Å²) in [6.07, 6.45) is 3.53. The Morgan fingerprint density at radius 3 is 2.58 bits per heavy atom. The largest absolute Gasteiger partial charge is 0.507 e. The monoisotopic (exact) mass is 258 g/mol. The first-order valence-corrected chi connectivity index (χ1v) is 6.97. The fourth-order valence-corrected chi connectivity index (χ4v) is 2.36. The topological polar surface area (TPSA) is 38.0 Å². The van der Waals surface area contributed by atoms with Gasteiger partial charge >= 0.3 is 0 Å². The van der Waals surface area contributed by atoms with Crippen LogP contribution in [-0.2, 0) is 6.54 Å². The summed E-state index contributed by atoms with van der Waals surface area (Å²) in [6.45, 7) is 7.20. The molecule has 0 atom stereocenters. The zero-order valence-electron chi connectivity index (χ0n) is 12.0. The molecule has 0 aliphatic heterocycles. The Kier molecular flexibility index (Phi) is 4.25. The van der Waals surface area contributed by atoms with E-state index < -0.39 is 0 Å². The van der Waals surface area contributed by atoms with E-state index >= 15 is 0 Å². The molecule has 3 nitrogen and oxygen atoms in total. The van der Waals surface area contributed by atoms with E-state index in [1.54, 1.807) is 6.07 Å². The lowest BCUT2D eigenvalue weighted by Gasteiger charge is -2.10. The molecule has 1 aromatic carbocycles. The van der Waals surface area contributed by atoms with Crippen molar-refractivity contribution in [2.24, 2.45) is 0 Å². The average Bonchev–Trinajstić information content (AvgIpc) is 2.67. The zero-order chi connectivity index (χ0) is 13.8. The first-order valence-electron chi connectivity index (χ1n) is 6.97. The number of hydrogen-bond acceptors (Lipinski definition) is 2. The minimum absolute atomic E-state index is 0.322. The van der Waals surface area contributed by atoms with Crippen LogP contribution in [0.25, 0.3) is 11.3 Å². The summed E-state index contributed by atoms with van der Waals surface area (Å²) in [4.78, 5) is 0. The van der Waals surface area contributed by atoms with Crippen LogP contribution in [0.15, 0.2) is 24.3 Å². The van der Waals surface area contributed by atoms with Gasteiger partial charge in [0.15, 0.2) is 0 Å². The van der Waals surface area contributed by atoms with E-state index in [4.69, 9.17) is 0 Å². The van der Waals surface area contributed by atoms with Crippen LogP contribution in [-0.4, -0.2) is 14.9 Å². The van der Waals surface area contributed by atoms with Gasteiger partial charge in [0.2, 0.25) is 0 Å². The first kappa shape index (κ1) is 13.7. The molecule has 2 rings (SSSR count). The highest BCUT2D eigenvalue weighted by molar-refractivity contribution is 5.70. The number of phenols is 1. The number of unbranched alkanes of at least 4 members (excludes halogenated alkanes) is 2. The average molecular weight is 258 g/mol. The SMILES string of the molecule is CCCCCn1nc(C)c(C)c1-c1ccccc1O. The second-order valence-electron chi connectivity index (χ2n) is 5.01. The summed E-state index contributed by atoms with van der Waals surface area (Å²) in [7, 11) is 0. The standard InChI is InChI=1S/C16H22N2O/c1-4-5-8-11-18-16(12(2)13(3)17-18)14-9-6-7-10-15(14)19/h6-7,9-10,19H,4-5,8,11H2,1-3H3. The summed E-state index contributed by atoms with van der Waals surface area (Å²) < 4.78 is 2.04. The number of hydrogen-bond donors (Lipinski definition) is 1. The van der Waals surface area contributed by atoms with E-state index in [9.17, 15) is 5.11 Å². The number of para-hydroxylation sites is 1. The van der Waals surface area contributed by atoms with Crippen molar-refractivity contribution >= 4 is 0 Å². The molecule has 1 heterocycles. The maximum absolute atomic E-state index is 10.1. The number of nitrogens with zero attached hydrogens (tertiary/aromatic N) is 2. The third-order valence-corrected chi connectivity index (χ3v) is 3.56. The first-order chi connectivity index (χ1) is 9.15. The zero-order valence-corrected chi connectivity index (χ0v) is 12.0. The summed E-state index contributed by atoms with van der Waals surface area (Å²) in [6, 6.07) is 7.48. The number of phenolic OH excluding ortho intramolecular Hbond substituents is 1. The van der Waals surface area contributed by atoms with Crippen molar-refractivity contribution in [3.8, 4) is 17.0 Å². The van der Waals surface area contributed by atoms with Gasteiger partial charge < -0.3 is 5.11 Å². The van der Waals surface area contributed by atoms with E-state index in [0.717, 1.165) is 35.5 Å². The molecule has 19 heavy (non-hydrogen) atoms. The third-order valence-electron chi connectivity index (χ3n) is 3.56. The molecule has 1 N–H and O–H groups in total. The predicted molar refractivity (Wildman–Crippen MR) is 78.3 cm³/mol. The van der Waals surface area contributed by atoms with Crippen LogP contribution in [0, 0.1) is 13.8 Å². The van der Waals surface area contributed by atoms with Gasteiger partial charge in [-0.15, -0.1) is 0 Å². The van der Waals surface area contributed by atoms with Crippen molar-refractivity contribution in [2.75, 3.05) is 0 Å². The Labute approximate surface area is 114 Å². The Morgan fingerprint density at radius 1 is 1.16 bits per heavy atom. The van der Waals surface area contributed by atoms with Crippen LogP contribution < -0.4 is 0 Å². The molecule has 1 aromatic heterocycles. The van der Waals surface area contributed by atoms with Gasteiger partial charge in [0.1, 0.15) is 5.75 Å². The maximum atomic E-state index is 10.1. The molecule has 0 aliphatic rings. The second kappa shape index (κ2) is 5.91. The fraction of sp³-hybridized carbons (Fsp3) is 0.438. The summed E-state index contributed by atoms with van der Waals surface area (Å²) in [5, 5.41) is 14.7. The predicted octanol–water partition coefficient (Wildman–Crippen LogP) is 4.06. The van der Waals surface area contributed by atoms with Gasteiger partial charge in [0, 0.05) is 12.1 Å². The number of aryl methyl sites for hydroxylation is 2. The van der Waals surface area contributed by atoms with Crippen LogP contribution in [0.1, 0.15) is 37.4 Å². The van der Waals surface area contributed by atoms with E-state index in [0.29, 0.717) is 5.75 Å². The normalized spacial score (nSPS) is 10.9. The van der Waals surface area contributed by atoms with Gasteiger partial charge in [-0.25, -0.2) is 0 Å². The lowest BCUT2D eigenvalue weighted by Crippen LogP contribution is -2.03. The second-order valence-corrected chi connectivity index (χ2v) is 5.01. The van der Waals surface area contributed by atoms with E-state index in [1.807, 2.05) is 29.8 Å². The summed E-state index contributed by atoms with van der Waals surface area (Å²) in [5.41, 5.74) is 4.11. The Hall–Kier alpha value is -1.77. The molecule has 0 radical (unpaired) electrons. The minimum Gasteiger partial charge on any atom is -0.507 e. The molecule has 0 fully saturated rings. The minimum atomic E-state index is 0.322. The van der Waals surface area contributed by atoms with E-state index in [-0.39, 0.29) is 0 Å². The lowest BCUT2D eigenvalue weighted by molar-refractivity contribution is 0.475. The number of aromatic hydroxyl groups is 1. The molecular weight excluding hydrogens is 236 g/mol. The van der Waals surface area contributed by atoms with Crippen molar-refractivity contribution < 1.29 is 5.11 Å². The van der Waals surface area contributed by atoms with Gasteiger partial charge in [-0.1, -0.05) is 31.9 Å². The Balaban J connectivity index is 2.41. The molecule has 0 amide bonds. The van der Waals surface area contributed by atoms with Crippen LogP contribution >= 0.6 is 0 Å². The smallest absolute Gasteiger partial charge is 0.124 e. The van der Waals surface area contributed by atoms with Crippen LogP contribution in [0.3, 0.4) is 0 Å². The Morgan fingerprint density at radius 2 is 1.89 bits per heavy atom. The van der Waals surface area contributed by atoms with Gasteiger partial charge in [-0.05, 0) is 38.0 Å². The quantitative estimate of drug-likeness (QED) is 0.821. The third kappa shape index (κ3) is 2.80. The number of rotatable bonds is 5. The summed E-state index contributed by atoms with van der Waals surface area (Å²) in [5.74, 6) is 0.322. The molecular formula is C16H22N2O. The molecule has 3 heteroatoms. The number of aromatic nitrogens is 2. The van der Waals surface area contributed by atoms with Crippen LogP contribution in [0.5, 0.6) is 5.75 Å². The lowest BCUT2D eigenvalue weighted by atomic mass is 10.1. The van der Waals surface area contributed by atoms with Crippen molar-refractivity contribution in [1.82, 2.24) is 9.78 Å². The molecule has 0 bridgehead atoms. The van der Waals surface area contributed by atoms with Crippen molar-refractivity contribution in [3.05, 3.63) is 35.5 Å². The highest BCUT2D eigenvalue weighted by Crippen LogP contribution is 2.32. The van der Waals surface area contributed by atoms with Gasteiger partial charge in [-0.3, -0.25) is 4.68 Å². The van der Waals surface area contributed by atoms with Crippen molar-refractivity contribution in [3.63, 3.8) is 0 Å². The molecule has 0 unspecified atom stereocenters. The van der Waals surface area contributed by atoms with Gasteiger partial charge in [0.05, 0.1) is 11.4 Å². The Bertz CT molecular complexity index is 558. The van der Waals surface area contributed by atoms with Gasteiger partial charge in [-0.2, -0.15) is 5.10 Å². The molecule has 2 aromatic rings. The highest BCUT2D eigenvalue weighted by Gasteiger charge is 2.15. The molecule has 0 aliphatic carbocycles. The van der Waals surface area contributed by atoms with Crippen molar-refractivity contribution in [1.29, 1.82) is 0 Å². The molecule has 0 saturated carbocycles. The fourth-order valence-electron chi connectivity index (χ4n) is 2.36. The van der Waals surface area contributed by atoms with Crippen LogP contribution in [0.2, 0.25) is 0 Å². The maximum Gasteiger partial charge on any atom is 0.124 e. The summed E-state index contributed by atoms with van der Waals surface area (Å²) >= 11 is 0. The highest BCUT2D eigenvalue weighted by atomic mass is 16.3.